The van der Waals surface area contributed by atoms with E-state index in [0.717, 1.165) is 17.0 Å². The number of methoxy groups -OCH3 is 2. The van der Waals surface area contributed by atoms with Gasteiger partial charge in [-0.1, -0.05) is 31.5 Å². The van der Waals surface area contributed by atoms with Crippen LogP contribution in [0, 0.1) is 37.7 Å². The number of terminal acetylenes is 1. The third kappa shape index (κ3) is 8.10. The van der Waals surface area contributed by atoms with E-state index in [-0.39, 0.29) is 56.9 Å². The molecule has 9 heteroatoms. The third-order valence-electron chi connectivity index (χ3n) is 2.92. The average molecular weight is 401 g/mol. The summed E-state index contributed by atoms with van der Waals surface area (Å²) < 4.78 is 9.97. The molecule has 0 aliphatic rings. The van der Waals surface area contributed by atoms with Gasteiger partial charge in [0.2, 0.25) is 11.8 Å². The van der Waals surface area contributed by atoms with Gasteiger partial charge < -0.3 is 14.9 Å². The molecule has 0 aliphatic heterocycles. The van der Waals surface area contributed by atoms with Gasteiger partial charge in [0.25, 0.3) is 0 Å². The van der Waals surface area contributed by atoms with Gasteiger partial charge in [-0.3, -0.25) is 10.2 Å². The van der Waals surface area contributed by atoms with Crippen molar-refractivity contribution in [1.82, 2.24) is 20.4 Å². The van der Waals surface area contributed by atoms with Crippen LogP contribution in [0.4, 0.5) is 0 Å². The van der Waals surface area contributed by atoms with E-state index in [0.29, 0.717) is 17.3 Å². The summed E-state index contributed by atoms with van der Waals surface area (Å²) in [5.74, 6) is 6.70. The minimum Gasteiger partial charge on any atom is -0.870 e. The van der Waals surface area contributed by atoms with Crippen LogP contribution in [0.2, 0.25) is 19.6 Å². The van der Waals surface area contributed by atoms with Crippen molar-refractivity contribution in [2.45, 2.75) is 33.5 Å². The van der Waals surface area contributed by atoms with Crippen molar-refractivity contribution in [2.75, 3.05) is 14.2 Å². The summed E-state index contributed by atoms with van der Waals surface area (Å²) in [6.07, 6.45) is 5.18. The van der Waals surface area contributed by atoms with Crippen LogP contribution in [0.1, 0.15) is 22.5 Å². The Morgan fingerprint density at radius 1 is 0.923 bits per heavy atom. The van der Waals surface area contributed by atoms with Crippen LogP contribution in [-0.2, 0) is 0 Å². The molecule has 0 aromatic carbocycles. The van der Waals surface area contributed by atoms with Crippen LogP contribution < -0.4 is 60.9 Å². The number of hydrogen-bond donors (Lipinski definition) is 2. The van der Waals surface area contributed by atoms with Gasteiger partial charge in [0.15, 0.2) is 0 Å². The Morgan fingerprint density at radius 3 is 1.69 bits per heavy atom. The van der Waals surface area contributed by atoms with E-state index < -0.39 is 8.07 Å². The van der Waals surface area contributed by atoms with Gasteiger partial charge in [0.1, 0.15) is 19.2 Å². The van der Waals surface area contributed by atoms with Crippen LogP contribution in [0.25, 0.3) is 0 Å². The fourth-order valence-electron chi connectivity index (χ4n) is 1.68. The van der Waals surface area contributed by atoms with Crippen molar-refractivity contribution in [3.05, 3.63) is 22.5 Å². The van der Waals surface area contributed by atoms with E-state index in [1.807, 2.05) is 13.8 Å². The smallest absolute Gasteiger partial charge is 0.870 e. The molecule has 0 spiro atoms. The summed E-state index contributed by atoms with van der Waals surface area (Å²) in [6, 6.07) is 0. The molecule has 7 nitrogen and oxygen atoms in total. The Morgan fingerprint density at radius 2 is 1.35 bits per heavy atom. The fraction of sp³-hybridized carbons (Fsp3) is 0.412. The zero-order chi connectivity index (χ0) is 18.3. The summed E-state index contributed by atoms with van der Waals surface area (Å²) in [7, 11) is 1.81. The predicted molar refractivity (Wildman–Crippen MR) is 99.8 cm³/mol. The summed E-state index contributed by atoms with van der Waals surface area (Å²) in [6.45, 7) is 10.4. The Bertz CT molecular complexity index is 792. The molecule has 3 N–H and O–H groups in total. The maximum absolute atomic E-state index is 5.18. The number of aryl methyl sites for hydroxylation is 2. The van der Waals surface area contributed by atoms with Crippen LogP contribution in [0.3, 0.4) is 0 Å². The number of nitrogens with zero attached hydrogens (tertiary/aromatic N) is 2. The van der Waals surface area contributed by atoms with Crippen molar-refractivity contribution in [3.63, 3.8) is 0 Å². The minimum atomic E-state index is -1.33. The van der Waals surface area contributed by atoms with E-state index in [4.69, 9.17) is 15.9 Å². The molecule has 2 heterocycles. The summed E-state index contributed by atoms with van der Waals surface area (Å²) in [5.41, 5.74) is 6.70. The predicted octanol–water partition coefficient (Wildman–Crippen LogP) is -0.509. The molecule has 2 aromatic heterocycles. The Hall–Kier alpha value is -1.05. The van der Waals surface area contributed by atoms with Gasteiger partial charge in [0, 0.05) is 0 Å². The van der Waals surface area contributed by atoms with Gasteiger partial charge in [0.05, 0.1) is 25.6 Å². The quantitative estimate of drug-likeness (QED) is 0.522. The van der Waals surface area contributed by atoms with Crippen LogP contribution in [0.5, 0.6) is 11.8 Å². The number of aromatic nitrogens is 4. The summed E-state index contributed by atoms with van der Waals surface area (Å²) >= 11 is 0. The average Bonchev–Trinajstić information content (AvgIpc) is 3.07. The van der Waals surface area contributed by atoms with E-state index in [9.17, 15) is 0 Å². The standard InChI is InChI=1S/C10H16N2OSi.C7H8N2O.K.H2O/c1-8-9(6-7-14(3,4)5)10(13-2)12-11-8;1-4-6-5(2)8-9-7(6)10-3;;/h1-5H3,(H,11,12);1H,2-3H3,(H,8,9);;1H2/q;;+1;/p-1. The Balaban J connectivity index is 0. The molecule has 0 aliphatic carbocycles. The molecule has 0 unspecified atom stereocenters. The van der Waals surface area contributed by atoms with Crippen molar-refractivity contribution in [1.29, 1.82) is 0 Å². The molecule has 0 radical (unpaired) electrons. The molecule has 0 bridgehead atoms. The maximum Gasteiger partial charge on any atom is 1.00 e. The second-order valence-electron chi connectivity index (χ2n) is 6.11. The summed E-state index contributed by atoms with van der Waals surface area (Å²) in [4.78, 5) is 0. The van der Waals surface area contributed by atoms with Gasteiger partial charge in [-0.15, -0.1) is 22.2 Å². The monoisotopic (exact) mass is 400 g/mol. The largest absolute Gasteiger partial charge is 1.00 e. The van der Waals surface area contributed by atoms with Gasteiger partial charge in [-0.25, -0.2) is 0 Å². The van der Waals surface area contributed by atoms with E-state index in [2.05, 4.69) is 57.4 Å². The number of rotatable bonds is 2. The molecule has 0 saturated carbocycles. The zero-order valence-corrected chi connectivity index (χ0v) is 20.9. The molecule has 0 amide bonds. The molecular weight excluding hydrogens is 375 g/mol. The van der Waals surface area contributed by atoms with Gasteiger partial charge in [-0.2, -0.15) is 0 Å². The molecular formula is C17H25KN4O3Si. The summed E-state index contributed by atoms with van der Waals surface area (Å²) in [5, 5.41) is 13.4. The fourth-order valence-corrected chi connectivity index (χ4v) is 2.18. The zero-order valence-electron chi connectivity index (χ0n) is 16.7. The molecule has 2 aromatic rings. The first-order chi connectivity index (χ1) is 11.2. The number of ether oxygens (including phenoxy) is 2. The van der Waals surface area contributed by atoms with Crippen LogP contribution in [-0.4, -0.2) is 48.2 Å². The number of H-pyrrole nitrogens is 2. The second-order valence-corrected chi connectivity index (χ2v) is 10.9. The van der Waals surface area contributed by atoms with Gasteiger partial charge >= 0.3 is 51.4 Å². The molecule has 2 rings (SSSR count). The van der Waals surface area contributed by atoms with Crippen LogP contribution in [0.15, 0.2) is 0 Å². The van der Waals surface area contributed by atoms with E-state index in [1.54, 1.807) is 7.11 Å². The molecule has 0 fully saturated rings. The molecule has 0 atom stereocenters. The Kier molecular flexibility index (Phi) is 12.9. The first-order valence-corrected chi connectivity index (χ1v) is 10.9. The molecule has 26 heavy (non-hydrogen) atoms. The normalized spacial score (nSPS) is 9.15. The minimum absolute atomic E-state index is 0. The van der Waals surface area contributed by atoms with E-state index >= 15 is 0 Å². The van der Waals surface area contributed by atoms with Crippen LogP contribution >= 0.6 is 0 Å². The maximum atomic E-state index is 5.18. The number of nitrogens with one attached hydrogen (secondary N) is 2. The molecule has 0 saturated heterocycles. The van der Waals surface area contributed by atoms with Crippen molar-refractivity contribution >= 4 is 8.07 Å². The van der Waals surface area contributed by atoms with Crippen molar-refractivity contribution < 1.29 is 66.3 Å². The van der Waals surface area contributed by atoms with Crippen molar-refractivity contribution in [3.8, 4) is 35.6 Å². The topological polar surface area (TPSA) is 106 Å². The first-order valence-electron chi connectivity index (χ1n) is 7.41. The second kappa shape index (κ2) is 12.4. The Labute approximate surface area is 198 Å². The first kappa shape index (κ1) is 27.2. The molecule has 136 valence electrons. The number of aromatic amines is 2. The number of hydrogen-bond acceptors (Lipinski definition) is 5. The van der Waals surface area contributed by atoms with Gasteiger partial charge in [-0.05, 0) is 13.8 Å². The third-order valence-corrected chi connectivity index (χ3v) is 3.80. The SMILES string of the molecule is C#Cc1c(OC)n[nH]c1C.COc1n[nH]c(C)c1C#C[Si](C)(C)C.[K+].[OH-]. The van der Waals surface area contributed by atoms with Crippen molar-refractivity contribution in [2.24, 2.45) is 0 Å². The van der Waals surface area contributed by atoms with E-state index in [1.165, 1.54) is 7.11 Å².